The summed E-state index contributed by atoms with van der Waals surface area (Å²) in [7, 11) is 5.62. The van der Waals surface area contributed by atoms with E-state index < -0.39 is 0 Å². The minimum atomic E-state index is -0.0789. The molecule has 0 fully saturated rings. The van der Waals surface area contributed by atoms with Gasteiger partial charge in [-0.05, 0) is 35.2 Å². The highest BCUT2D eigenvalue weighted by molar-refractivity contribution is 5.77. The van der Waals surface area contributed by atoms with Crippen LogP contribution in [0.3, 0.4) is 0 Å². The molecule has 1 heterocycles. The van der Waals surface area contributed by atoms with Crippen molar-refractivity contribution in [2.45, 2.75) is 19.0 Å². The maximum absolute atomic E-state index is 11.9. The molecule has 1 atom stereocenters. The van der Waals surface area contributed by atoms with Gasteiger partial charge in [-0.2, -0.15) is 0 Å². The highest BCUT2D eigenvalue weighted by atomic mass is 16.5. The molecule has 1 amide bonds. The molecule has 5 heteroatoms. The van der Waals surface area contributed by atoms with Crippen LogP contribution in [-0.4, -0.2) is 51.7 Å². The van der Waals surface area contributed by atoms with Crippen LogP contribution in [-0.2, 0) is 22.5 Å². The Balaban J connectivity index is 1.80. The van der Waals surface area contributed by atoms with Crippen molar-refractivity contribution in [2.24, 2.45) is 0 Å². The third kappa shape index (κ3) is 4.87. The molecule has 1 aliphatic heterocycles. The van der Waals surface area contributed by atoms with Gasteiger partial charge in [0.2, 0.25) is 5.91 Å². The number of hydrogen-bond donors (Lipinski definition) is 1. The maximum Gasteiger partial charge on any atom is 0.246 e. The maximum atomic E-state index is 11.9. The van der Waals surface area contributed by atoms with Crippen LogP contribution in [0.15, 0.2) is 48.5 Å². The molecule has 144 valence electrons. The van der Waals surface area contributed by atoms with Crippen LogP contribution in [0.1, 0.15) is 22.7 Å². The Hall–Kier alpha value is -2.37. The Kier molecular flexibility index (Phi) is 6.48. The number of benzene rings is 2. The lowest BCUT2D eigenvalue weighted by molar-refractivity contribution is -0.125. The minimum Gasteiger partial charge on any atom is -0.378 e. The molecule has 5 nitrogen and oxygen atoms in total. The van der Waals surface area contributed by atoms with Gasteiger partial charge in [-0.3, -0.25) is 9.69 Å². The standard InChI is InChI=1S/C22H29N3O2/c1-24(2)20-10-8-18(9-11-20)21(14-23-22(26)16-27-3)25-13-12-17-6-4-5-7-19(17)15-25/h4-11,21H,12-16H2,1-3H3,(H,23,26)/t21-/m0/s1. The molecule has 3 rings (SSSR count). The van der Waals surface area contributed by atoms with E-state index >= 15 is 0 Å². The average molecular weight is 367 g/mol. The molecule has 0 saturated carbocycles. The number of nitrogens with zero attached hydrogens (tertiary/aromatic N) is 2. The Morgan fingerprint density at radius 2 is 1.85 bits per heavy atom. The van der Waals surface area contributed by atoms with E-state index in [2.05, 4.69) is 63.6 Å². The van der Waals surface area contributed by atoms with Gasteiger partial charge in [-0.25, -0.2) is 0 Å². The first-order valence-corrected chi connectivity index (χ1v) is 9.42. The molecule has 2 aromatic carbocycles. The van der Waals surface area contributed by atoms with Gasteiger partial charge in [0, 0.05) is 46.5 Å². The van der Waals surface area contributed by atoms with Gasteiger partial charge in [-0.15, -0.1) is 0 Å². The van der Waals surface area contributed by atoms with Crippen LogP contribution in [0.2, 0.25) is 0 Å². The number of fused-ring (bicyclic) bond motifs is 1. The lowest BCUT2D eigenvalue weighted by Crippen LogP contribution is -2.41. The molecule has 2 aromatic rings. The minimum absolute atomic E-state index is 0.0789. The molecule has 27 heavy (non-hydrogen) atoms. The molecule has 1 N–H and O–H groups in total. The smallest absolute Gasteiger partial charge is 0.246 e. The van der Waals surface area contributed by atoms with Crippen LogP contribution >= 0.6 is 0 Å². The van der Waals surface area contributed by atoms with E-state index in [0.717, 1.165) is 19.5 Å². The van der Waals surface area contributed by atoms with Gasteiger partial charge < -0.3 is 15.0 Å². The van der Waals surface area contributed by atoms with Crippen molar-refractivity contribution in [3.8, 4) is 0 Å². The lowest BCUT2D eigenvalue weighted by atomic mass is 9.96. The summed E-state index contributed by atoms with van der Waals surface area (Å²) in [5.74, 6) is -0.0789. The fourth-order valence-corrected chi connectivity index (χ4v) is 3.63. The number of carbonyl (C=O) groups excluding carboxylic acids is 1. The van der Waals surface area contributed by atoms with E-state index in [0.29, 0.717) is 6.54 Å². The van der Waals surface area contributed by atoms with Crippen LogP contribution < -0.4 is 10.2 Å². The van der Waals surface area contributed by atoms with E-state index in [1.54, 1.807) is 7.11 Å². The summed E-state index contributed by atoms with van der Waals surface area (Å²) in [5, 5.41) is 3.02. The average Bonchev–Trinajstić information content (AvgIpc) is 2.68. The Bertz CT molecular complexity index is 758. The number of rotatable bonds is 7. The van der Waals surface area contributed by atoms with Crippen molar-refractivity contribution in [3.05, 3.63) is 65.2 Å². The molecule has 0 unspecified atom stereocenters. The Morgan fingerprint density at radius 3 is 2.52 bits per heavy atom. The topological polar surface area (TPSA) is 44.8 Å². The van der Waals surface area contributed by atoms with Crippen molar-refractivity contribution in [2.75, 3.05) is 45.8 Å². The monoisotopic (exact) mass is 367 g/mol. The summed E-state index contributed by atoms with van der Waals surface area (Å²) in [6, 6.07) is 17.4. The van der Waals surface area contributed by atoms with Crippen LogP contribution in [0.25, 0.3) is 0 Å². The Morgan fingerprint density at radius 1 is 1.15 bits per heavy atom. The van der Waals surface area contributed by atoms with Gasteiger partial charge >= 0.3 is 0 Å². The number of nitrogens with one attached hydrogen (secondary N) is 1. The van der Waals surface area contributed by atoms with Crippen LogP contribution in [0, 0.1) is 0 Å². The fraction of sp³-hybridized carbons (Fsp3) is 0.409. The van der Waals surface area contributed by atoms with Gasteiger partial charge in [0.05, 0.1) is 6.04 Å². The quantitative estimate of drug-likeness (QED) is 0.817. The van der Waals surface area contributed by atoms with Gasteiger partial charge in [0.25, 0.3) is 0 Å². The zero-order valence-corrected chi connectivity index (χ0v) is 16.4. The zero-order chi connectivity index (χ0) is 19.2. The summed E-state index contributed by atoms with van der Waals surface area (Å²) < 4.78 is 4.94. The van der Waals surface area contributed by atoms with Crippen molar-refractivity contribution >= 4 is 11.6 Å². The number of hydrogen-bond acceptors (Lipinski definition) is 4. The molecule has 1 aliphatic rings. The number of carbonyl (C=O) groups is 1. The van der Waals surface area contributed by atoms with E-state index in [-0.39, 0.29) is 18.6 Å². The summed E-state index contributed by atoms with van der Waals surface area (Å²) in [6.45, 7) is 2.55. The summed E-state index contributed by atoms with van der Waals surface area (Å²) in [4.78, 5) is 16.5. The van der Waals surface area contributed by atoms with E-state index in [1.165, 1.54) is 22.4 Å². The van der Waals surface area contributed by atoms with Gasteiger partial charge in [0.1, 0.15) is 6.61 Å². The molecule has 0 aliphatic carbocycles. The molecule has 0 aromatic heterocycles. The summed E-state index contributed by atoms with van der Waals surface area (Å²) in [5.41, 5.74) is 5.20. The third-order valence-electron chi connectivity index (χ3n) is 5.16. The number of anilines is 1. The predicted molar refractivity (Wildman–Crippen MR) is 109 cm³/mol. The molecular weight excluding hydrogens is 338 g/mol. The number of methoxy groups -OCH3 is 1. The number of amides is 1. The van der Waals surface area contributed by atoms with Crippen molar-refractivity contribution < 1.29 is 9.53 Å². The van der Waals surface area contributed by atoms with E-state index in [9.17, 15) is 4.79 Å². The molecule has 0 saturated heterocycles. The van der Waals surface area contributed by atoms with Crippen molar-refractivity contribution in [1.82, 2.24) is 10.2 Å². The number of ether oxygens (including phenoxy) is 1. The lowest BCUT2D eigenvalue weighted by Gasteiger charge is -2.36. The molecular formula is C22H29N3O2. The summed E-state index contributed by atoms with van der Waals surface area (Å²) >= 11 is 0. The van der Waals surface area contributed by atoms with E-state index in [1.807, 2.05) is 14.1 Å². The highest BCUT2D eigenvalue weighted by Gasteiger charge is 2.25. The van der Waals surface area contributed by atoms with Gasteiger partial charge in [0.15, 0.2) is 0 Å². The van der Waals surface area contributed by atoms with Crippen molar-refractivity contribution in [1.29, 1.82) is 0 Å². The highest BCUT2D eigenvalue weighted by Crippen LogP contribution is 2.28. The predicted octanol–water partition coefficient (Wildman–Crippen LogP) is 2.61. The largest absolute Gasteiger partial charge is 0.378 e. The second kappa shape index (κ2) is 9.02. The fourth-order valence-electron chi connectivity index (χ4n) is 3.63. The first kappa shape index (κ1) is 19.4. The second-order valence-corrected chi connectivity index (χ2v) is 7.23. The first-order chi connectivity index (χ1) is 13.1. The second-order valence-electron chi connectivity index (χ2n) is 7.23. The molecule has 0 spiro atoms. The first-order valence-electron chi connectivity index (χ1n) is 9.42. The van der Waals surface area contributed by atoms with Crippen molar-refractivity contribution in [3.63, 3.8) is 0 Å². The van der Waals surface area contributed by atoms with Crippen LogP contribution in [0.5, 0.6) is 0 Å². The third-order valence-corrected chi connectivity index (χ3v) is 5.16. The zero-order valence-electron chi connectivity index (χ0n) is 16.4. The van der Waals surface area contributed by atoms with Gasteiger partial charge in [-0.1, -0.05) is 36.4 Å². The molecule has 0 radical (unpaired) electrons. The van der Waals surface area contributed by atoms with E-state index in [4.69, 9.17) is 4.74 Å². The van der Waals surface area contributed by atoms with Crippen LogP contribution in [0.4, 0.5) is 5.69 Å². The normalized spacial score (nSPS) is 15.1. The summed E-state index contributed by atoms with van der Waals surface area (Å²) in [6.07, 6.45) is 1.04. The molecule has 0 bridgehead atoms. The Labute approximate surface area is 161 Å². The SMILES string of the molecule is COCC(=O)NC[C@@H](c1ccc(N(C)C)cc1)N1CCc2ccccc2C1.